The summed E-state index contributed by atoms with van der Waals surface area (Å²) in [4.78, 5) is 7.89. The largest absolute Gasteiger partial charge is 0.508 e. The van der Waals surface area contributed by atoms with Crippen LogP contribution < -0.4 is 0 Å². The third kappa shape index (κ3) is 2.04. The summed E-state index contributed by atoms with van der Waals surface area (Å²) in [5, 5.41) is 26.7. The first-order valence-electron chi connectivity index (χ1n) is 4.71. The van der Waals surface area contributed by atoms with Crippen LogP contribution in [0.15, 0.2) is 30.5 Å². The van der Waals surface area contributed by atoms with Crippen molar-refractivity contribution in [3.05, 3.63) is 41.9 Å². The number of hydrogen-bond donors (Lipinski definition) is 1. The van der Waals surface area contributed by atoms with Gasteiger partial charge in [0.2, 0.25) is 0 Å². The number of nitrogens with zero attached hydrogens (tertiary/aromatic N) is 4. The maximum atomic E-state index is 9.16. The number of rotatable bonds is 1. The molecule has 0 saturated carbocycles. The van der Waals surface area contributed by atoms with Crippen molar-refractivity contribution in [2.75, 3.05) is 0 Å². The predicted molar refractivity (Wildman–Crippen MR) is 58.6 cm³/mol. The van der Waals surface area contributed by atoms with E-state index < -0.39 is 0 Å². The molecule has 5 heteroatoms. The van der Waals surface area contributed by atoms with Crippen LogP contribution in [-0.4, -0.2) is 15.1 Å². The fraction of sp³-hybridized carbons (Fsp3) is 0. The number of benzene rings is 1. The molecule has 0 aliphatic carbocycles. The number of phenols is 1. The Morgan fingerprint density at radius 3 is 2.24 bits per heavy atom. The SMILES string of the molecule is N#Cc1ncc(-c2ccc(O)cc2)nc1C#N. The summed E-state index contributed by atoms with van der Waals surface area (Å²) in [5.41, 5.74) is 1.21. The third-order valence-corrected chi connectivity index (χ3v) is 2.15. The smallest absolute Gasteiger partial charge is 0.177 e. The van der Waals surface area contributed by atoms with Crippen LogP contribution in [0.25, 0.3) is 11.3 Å². The van der Waals surface area contributed by atoms with Crippen LogP contribution in [0.2, 0.25) is 0 Å². The summed E-state index contributed by atoms with van der Waals surface area (Å²) in [6.07, 6.45) is 1.42. The average molecular weight is 222 g/mol. The van der Waals surface area contributed by atoms with E-state index in [0.29, 0.717) is 5.69 Å². The van der Waals surface area contributed by atoms with Crippen molar-refractivity contribution in [2.24, 2.45) is 0 Å². The summed E-state index contributed by atoms with van der Waals surface area (Å²) < 4.78 is 0. The molecule has 0 saturated heterocycles. The number of aromatic nitrogens is 2. The van der Waals surface area contributed by atoms with Gasteiger partial charge >= 0.3 is 0 Å². The minimum atomic E-state index is -0.00178. The number of hydrogen-bond acceptors (Lipinski definition) is 5. The van der Waals surface area contributed by atoms with Gasteiger partial charge in [-0.25, -0.2) is 9.97 Å². The summed E-state index contributed by atoms with van der Waals surface area (Å²) >= 11 is 0. The Hall–Kier alpha value is -2.92. The molecule has 2 aromatic rings. The van der Waals surface area contributed by atoms with Crippen molar-refractivity contribution in [1.29, 1.82) is 10.5 Å². The Balaban J connectivity index is 2.52. The van der Waals surface area contributed by atoms with E-state index in [1.807, 2.05) is 6.07 Å². The molecule has 0 radical (unpaired) electrons. The van der Waals surface area contributed by atoms with Crippen LogP contribution in [0, 0.1) is 22.7 Å². The van der Waals surface area contributed by atoms with E-state index in [0.717, 1.165) is 5.56 Å². The van der Waals surface area contributed by atoms with Crippen LogP contribution in [0.5, 0.6) is 5.75 Å². The van der Waals surface area contributed by atoms with Crippen LogP contribution in [-0.2, 0) is 0 Å². The van der Waals surface area contributed by atoms with Gasteiger partial charge in [-0.3, -0.25) is 0 Å². The minimum Gasteiger partial charge on any atom is -0.508 e. The second-order valence-electron chi connectivity index (χ2n) is 3.22. The molecule has 0 bridgehead atoms. The quantitative estimate of drug-likeness (QED) is 0.790. The lowest BCUT2D eigenvalue weighted by Crippen LogP contribution is -1.95. The molecule has 0 amide bonds. The third-order valence-electron chi connectivity index (χ3n) is 2.15. The molecule has 5 nitrogen and oxygen atoms in total. The van der Waals surface area contributed by atoms with Gasteiger partial charge in [-0.1, -0.05) is 0 Å². The zero-order chi connectivity index (χ0) is 12.3. The summed E-state index contributed by atoms with van der Waals surface area (Å²) in [7, 11) is 0. The molecule has 0 unspecified atom stereocenters. The van der Waals surface area contributed by atoms with Crippen LogP contribution in [0.3, 0.4) is 0 Å². The zero-order valence-electron chi connectivity index (χ0n) is 8.62. The highest BCUT2D eigenvalue weighted by atomic mass is 16.3. The van der Waals surface area contributed by atoms with Crippen molar-refractivity contribution >= 4 is 0 Å². The van der Waals surface area contributed by atoms with Gasteiger partial charge in [-0.15, -0.1) is 0 Å². The highest BCUT2D eigenvalue weighted by molar-refractivity contribution is 5.60. The summed E-state index contributed by atoms with van der Waals surface area (Å²) in [6.45, 7) is 0. The second kappa shape index (κ2) is 4.30. The molecule has 2 rings (SSSR count). The first-order chi connectivity index (χ1) is 8.24. The maximum absolute atomic E-state index is 9.16. The predicted octanol–water partition coefficient (Wildman–Crippen LogP) is 1.59. The topological polar surface area (TPSA) is 93.6 Å². The molecular formula is C12H6N4O. The van der Waals surface area contributed by atoms with Gasteiger partial charge < -0.3 is 5.11 Å². The molecule has 0 aliphatic heterocycles. The number of aromatic hydroxyl groups is 1. The fourth-order valence-corrected chi connectivity index (χ4v) is 1.32. The van der Waals surface area contributed by atoms with Gasteiger partial charge in [0.05, 0.1) is 11.9 Å². The number of nitriles is 2. The summed E-state index contributed by atoms with van der Waals surface area (Å²) in [5.74, 6) is 0.149. The van der Waals surface area contributed by atoms with Crippen molar-refractivity contribution in [3.8, 4) is 29.1 Å². The van der Waals surface area contributed by atoms with E-state index >= 15 is 0 Å². The molecule has 1 heterocycles. The highest BCUT2D eigenvalue weighted by Crippen LogP contribution is 2.20. The van der Waals surface area contributed by atoms with E-state index in [1.54, 1.807) is 18.2 Å². The van der Waals surface area contributed by atoms with Gasteiger partial charge in [0.25, 0.3) is 0 Å². The second-order valence-corrected chi connectivity index (χ2v) is 3.22. The molecule has 0 spiro atoms. The molecular weight excluding hydrogens is 216 g/mol. The van der Waals surface area contributed by atoms with Crippen LogP contribution >= 0.6 is 0 Å². The van der Waals surface area contributed by atoms with Gasteiger partial charge in [-0.05, 0) is 24.3 Å². The lowest BCUT2D eigenvalue weighted by atomic mass is 10.1. The molecule has 0 aliphatic rings. The van der Waals surface area contributed by atoms with Gasteiger partial charge in [0.15, 0.2) is 11.4 Å². The monoisotopic (exact) mass is 222 g/mol. The Labute approximate surface area is 97.2 Å². The van der Waals surface area contributed by atoms with Crippen molar-refractivity contribution in [3.63, 3.8) is 0 Å². The van der Waals surface area contributed by atoms with Gasteiger partial charge in [0, 0.05) is 5.56 Å². The zero-order valence-corrected chi connectivity index (χ0v) is 8.62. The standard InChI is InChI=1S/C12H6N4O/c13-5-10-11(6-14)16-12(7-15-10)8-1-3-9(17)4-2-8/h1-4,7,17H. The molecule has 1 N–H and O–H groups in total. The van der Waals surface area contributed by atoms with Gasteiger partial charge in [-0.2, -0.15) is 10.5 Å². The van der Waals surface area contributed by atoms with Crippen LogP contribution in [0.1, 0.15) is 11.4 Å². The van der Waals surface area contributed by atoms with Crippen molar-refractivity contribution < 1.29 is 5.11 Å². The van der Waals surface area contributed by atoms with E-state index in [-0.39, 0.29) is 17.1 Å². The maximum Gasteiger partial charge on any atom is 0.177 e. The highest BCUT2D eigenvalue weighted by Gasteiger charge is 2.07. The molecule has 0 fully saturated rings. The summed E-state index contributed by atoms with van der Waals surface area (Å²) in [6, 6.07) is 9.97. The molecule has 1 aromatic carbocycles. The first-order valence-corrected chi connectivity index (χ1v) is 4.71. The molecule has 17 heavy (non-hydrogen) atoms. The van der Waals surface area contributed by atoms with Crippen LogP contribution in [0.4, 0.5) is 0 Å². The van der Waals surface area contributed by atoms with E-state index in [2.05, 4.69) is 9.97 Å². The Bertz CT molecular complexity index is 635. The molecule has 0 atom stereocenters. The van der Waals surface area contributed by atoms with E-state index in [1.165, 1.54) is 18.3 Å². The lowest BCUT2D eigenvalue weighted by molar-refractivity contribution is 0.475. The van der Waals surface area contributed by atoms with Crippen molar-refractivity contribution in [1.82, 2.24) is 9.97 Å². The van der Waals surface area contributed by atoms with Gasteiger partial charge in [0.1, 0.15) is 17.9 Å². The Morgan fingerprint density at radius 1 is 1.00 bits per heavy atom. The molecule has 80 valence electrons. The Kier molecular flexibility index (Phi) is 2.68. The first kappa shape index (κ1) is 10.6. The lowest BCUT2D eigenvalue weighted by Gasteiger charge is -2.01. The average Bonchev–Trinajstić information content (AvgIpc) is 2.39. The van der Waals surface area contributed by atoms with E-state index in [9.17, 15) is 0 Å². The normalized spacial score (nSPS) is 9.29. The number of phenolic OH excluding ortho intramolecular Hbond substituents is 1. The minimum absolute atomic E-state index is 0.00178. The molecule has 1 aromatic heterocycles. The Morgan fingerprint density at radius 2 is 1.65 bits per heavy atom. The van der Waals surface area contributed by atoms with E-state index in [4.69, 9.17) is 15.6 Å². The fourth-order valence-electron chi connectivity index (χ4n) is 1.32. The van der Waals surface area contributed by atoms with Crippen molar-refractivity contribution in [2.45, 2.75) is 0 Å².